The molecule has 2 heterocycles. The number of nitrogens with zero attached hydrogens (tertiary/aromatic N) is 2. The summed E-state index contributed by atoms with van der Waals surface area (Å²) < 4.78 is 23.5. The molecule has 1 saturated heterocycles. The Morgan fingerprint density at radius 2 is 2.26 bits per heavy atom. The van der Waals surface area contributed by atoms with Gasteiger partial charge >= 0.3 is 0 Å². The summed E-state index contributed by atoms with van der Waals surface area (Å²) in [6.45, 7) is 7.61. The largest absolute Gasteiger partial charge is 0.356 e. The maximum Gasteiger partial charge on any atom is 0.193 e. The topological polar surface area (TPSA) is 61.8 Å². The van der Waals surface area contributed by atoms with Crippen molar-refractivity contribution in [2.45, 2.75) is 31.9 Å². The van der Waals surface area contributed by atoms with Crippen LogP contribution in [0, 0.1) is 5.92 Å². The highest BCUT2D eigenvalue weighted by Crippen LogP contribution is 2.23. The van der Waals surface area contributed by atoms with Crippen molar-refractivity contribution >= 4 is 27.1 Å². The predicted octanol–water partition coefficient (Wildman–Crippen LogP) is 2.01. The molecule has 0 spiro atoms. The number of rotatable bonds is 4. The molecule has 0 saturated carbocycles. The van der Waals surface area contributed by atoms with Gasteiger partial charge < -0.3 is 10.2 Å². The highest BCUT2D eigenvalue weighted by atomic mass is 32.2. The summed E-state index contributed by atoms with van der Waals surface area (Å²) in [6.07, 6.45) is 1.04. The van der Waals surface area contributed by atoms with Crippen molar-refractivity contribution < 1.29 is 8.42 Å². The molecule has 1 N–H and O–H groups in total. The Morgan fingerprint density at radius 3 is 2.83 bits per heavy atom. The van der Waals surface area contributed by atoms with Gasteiger partial charge in [-0.1, -0.05) is 13.0 Å². The Kier molecular flexibility index (Phi) is 5.73. The lowest BCUT2D eigenvalue weighted by Gasteiger charge is -2.39. The van der Waals surface area contributed by atoms with E-state index < -0.39 is 14.6 Å². The summed E-state index contributed by atoms with van der Waals surface area (Å²) in [5, 5.41) is 5.50. The third kappa shape index (κ3) is 4.47. The molecule has 0 radical (unpaired) electrons. The third-order valence-electron chi connectivity index (χ3n) is 4.29. The van der Waals surface area contributed by atoms with Gasteiger partial charge in [-0.05, 0) is 37.6 Å². The van der Waals surface area contributed by atoms with Gasteiger partial charge in [0.15, 0.2) is 15.8 Å². The fourth-order valence-corrected chi connectivity index (χ4v) is 5.00. The van der Waals surface area contributed by atoms with Gasteiger partial charge in [0.2, 0.25) is 0 Å². The smallest absolute Gasteiger partial charge is 0.193 e. The number of hydrogen-bond acceptors (Lipinski definition) is 4. The first-order valence-corrected chi connectivity index (χ1v) is 10.5. The minimum atomic E-state index is -3.02. The minimum absolute atomic E-state index is 0.186. The van der Waals surface area contributed by atoms with Gasteiger partial charge in [0, 0.05) is 31.6 Å². The number of sulfone groups is 1. The lowest BCUT2D eigenvalue weighted by molar-refractivity contribution is 0.351. The molecule has 1 aromatic heterocycles. The highest BCUT2D eigenvalue weighted by Gasteiger charge is 2.40. The Hall–Kier alpha value is -1.08. The molecule has 2 rings (SSSR count). The van der Waals surface area contributed by atoms with Crippen LogP contribution in [0.3, 0.4) is 0 Å². The molecule has 7 heteroatoms. The SMILES string of the molecule is CN=C(NCC(C)Cc1cccs1)N1CCS(=O)(=O)C(C)(C)C1. The number of nitrogens with one attached hydrogen (secondary N) is 1. The molecule has 1 atom stereocenters. The molecular weight excluding hydrogens is 330 g/mol. The zero-order valence-corrected chi connectivity index (χ0v) is 16.0. The van der Waals surface area contributed by atoms with Crippen LogP contribution in [0.25, 0.3) is 0 Å². The Morgan fingerprint density at radius 1 is 1.52 bits per heavy atom. The van der Waals surface area contributed by atoms with Crippen LogP contribution in [0.2, 0.25) is 0 Å². The normalized spacial score (nSPS) is 21.9. The van der Waals surface area contributed by atoms with Crippen molar-refractivity contribution in [2.75, 3.05) is 32.4 Å². The Bertz CT molecular complexity index is 636. The Labute approximate surface area is 143 Å². The standard InChI is InChI=1S/C16H27N3O2S2/c1-13(10-14-6-5-8-22-14)11-18-15(17-4)19-7-9-23(20,21)16(2,3)12-19/h5-6,8,13H,7,9-12H2,1-4H3,(H,17,18). The van der Waals surface area contributed by atoms with Crippen molar-refractivity contribution in [3.63, 3.8) is 0 Å². The molecule has 1 unspecified atom stereocenters. The summed E-state index contributed by atoms with van der Waals surface area (Å²) in [4.78, 5) is 7.78. The number of thiophene rings is 1. The van der Waals surface area contributed by atoms with E-state index in [1.54, 1.807) is 32.2 Å². The third-order valence-corrected chi connectivity index (χ3v) is 7.72. The maximum atomic E-state index is 12.1. The zero-order chi connectivity index (χ0) is 17.1. The maximum absolute atomic E-state index is 12.1. The molecule has 1 aliphatic heterocycles. The zero-order valence-electron chi connectivity index (χ0n) is 14.4. The molecule has 0 aliphatic carbocycles. The average molecular weight is 358 g/mol. The molecule has 1 aliphatic rings. The second-order valence-electron chi connectivity index (χ2n) is 6.82. The summed E-state index contributed by atoms with van der Waals surface area (Å²) in [7, 11) is -1.27. The van der Waals surface area contributed by atoms with Gasteiger partial charge in [-0.15, -0.1) is 11.3 Å². The van der Waals surface area contributed by atoms with Crippen LogP contribution in [0.1, 0.15) is 25.6 Å². The van der Waals surface area contributed by atoms with Crippen molar-refractivity contribution in [3.05, 3.63) is 22.4 Å². The summed E-state index contributed by atoms with van der Waals surface area (Å²) in [5.41, 5.74) is 0. The molecule has 130 valence electrons. The van der Waals surface area contributed by atoms with Gasteiger partial charge in [0.05, 0.1) is 10.5 Å². The molecule has 0 bridgehead atoms. The molecular formula is C16H27N3O2S2. The summed E-state index contributed by atoms with van der Waals surface area (Å²) in [6, 6.07) is 4.24. The number of guanidine groups is 1. The van der Waals surface area contributed by atoms with E-state index in [9.17, 15) is 8.42 Å². The first kappa shape index (κ1) is 18.3. The molecule has 1 aromatic rings. The van der Waals surface area contributed by atoms with Gasteiger partial charge in [-0.3, -0.25) is 4.99 Å². The van der Waals surface area contributed by atoms with Crippen molar-refractivity contribution in [1.29, 1.82) is 0 Å². The molecule has 0 aromatic carbocycles. The van der Waals surface area contributed by atoms with E-state index in [1.165, 1.54) is 4.88 Å². The van der Waals surface area contributed by atoms with E-state index in [4.69, 9.17) is 0 Å². The lowest BCUT2D eigenvalue weighted by Crippen LogP contribution is -2.57. The summed E-state index contributed by atoms with van der Waals surface area (Å²) in [5.74, 6) is 1.48. The quantitative estimate of drug-likeness (QED) is 0.661. The number of aliphatic imine (C=N–C) groups is 1. The second kappa shape index (κ2) is 7.21. The van der Waals surface area contributed by atoms with Gasteiger partial charge in [-0.2, -0.15) is 0 Å². The predicted molar refractivity (Wildman–Crippen MR) is 98.0 cm³/mol. The van der Waals surface area contributed by atoms with Crippen LogP contribution in [-0.2, 0) is 16.3 Å². The van der Waals surface area contributed by atoms with E-state index in [0.717, 1.165) is 18.9 Å². The van der Waals surface area contributed by atoms with Crippen molar-refractivity contribution in [2.24, 2.45) is 10.9 Å². The summed E-state index contributed by atoms with van der Waals surface area (Å²) >= 11 is 1.78. The fraction of sp³-hybridized carbons (Fsp3) is 0.688. The van der Waals surface area contributed by atoms with E-state index in [1.807, 2.05) is 0 Å². The monoisotopic (exact) mass is 357 g/mol. The van der Waals surface area contributed by atoms with Crippen LogP contribution in [0.5, 0.6) is 0 Å². The number of hydrogen-bond donors (Lipinski definition) is 1. The van der Waals surface area contributed by atoms with Crippen LogP contribution in [0.4, 0.5) is 0 Å². The second-order valence-corrected chi connectivity index (χ2v) is 10.6. The molecule has 23 heavy (non-hydrogen) atoms. The Balaban J connectivity index is 1.91. The van der Waals surface area contributed by atoms with E-state index in [-0.39, 0.29) is 5.75 Å². The average Bonchev–Trinajstić information content (AvgIpc) is 2.96. The van der Waals surface area contributed by atoms with Crippen molar-refractivity contribution in [1.82, 2.24) is 10.2 Å². The molecule has 5 nitrogen and oxygen atoms in total. The van der Waals surface area contributed by atoms with Gasteiger partial charge in [0.25, 0.3) is 0 Å². The molecule has 0 amide bonds. The van der Waals surface area contributed by atoms with E-state index >= 15 is 0 Å². The fourth-order valence-electron chi connectivity index (χ4n) is 2.77. The first-order chi connectivity index (χ1) is 10.7. The van der Waals surface area contributed by atoms with Crippen LogP contribution in [-0.4, -0.2) is 56.5 Å². The van der Waals surface area contributed by atoms with Crippen molar-refractivity contribution in [3.8, 4) is 0 Å². The van der Waals surface area contributed by atoms with Gasteiger partial charge in [-0.25, -0.2) is 8.42 Å². The highest BCUT2D eigenvalue weighted by molar-refractivity contribution is 7.92. The van der Waals surface area contributed by atoms with E-state index in [2.05, 4.69) is 39.6 Å². The molecule has 1 fully saturated rings. The first-order valence-electron chi connectivity index (χ1n) is 7.95. The van der Waals surface area contributed by atoms with E-state index in [0.29, 0.717) is 19.0 Å². The van der Waals surface area contributed by atoms with Crippen LogP contribution in [0.15, 0.2) is 22.5 Å². The lowest BCUT2D eigenvalue weighted by atomic mass is 10.1. The van der Waals surface area contributed by atoms with Crippen LogP contribution < -0.4 is 5.32 Å². The van der Waals surface area contributed by atoms with Crippen LogP contribution >= 0.6 is 11.3 Å². The van der Waals surface area contributed by atoms with Gasteiger partial charge in [0.1, 0.15) is 0 Å². The minimum Gasteiger partial charge on any atom is -0.356 e.